The van der Waals surface area contributed by atoms with Gasteiger partial charge in [-0.2, -0.15) is 0 Å². The molecule has 0 amide bonds. The summed E-state index contributed by atoms with van der Waals surface area (Å²) in [6, 6.07) is 14.1. The van der Waals surface area contributed by atoms with E-state index in [1.165, 1.54) is 0 Å². The summed E-state index contributed by atoms with van der Waals surface area (Å²) >= 11 is 0. The Kier molecular flexibility index (Phi) is 7.06. The third-order valence-corrected chi connectivity index (χ3v) is 5.83. The Bertz CT molecular complexity index is 1020. The molecule has 0 bridgehead atoms. The largest absolute Gasteiger partial charge is 0.495 e. The third-order valence-electron chi connectivity index (χ3n) is 5.83. The van der Waals surface area contributed by atoms with Gasteiger partial charge in [0, 0.05) is 32.7 Å². The zero-order valence-corrected chi connectivity index (χ0v) is 18.9. The number of ether oxygens (including phenoxy) is 3. The van der Waals surface area contributed by atoms with Crippen molar-refractivity contribution in [1.82, 2.24) is 25.1 Å². The molecule has 32 heavy (non-hydrogen) atoms. The van der Waals surface area contributed by atoms with Gasteiger partial charge in [-0.1, -0.05) is 18.2 Å². The second kappa shape index (κ2) is 10.3. The van der Waals surface area contributed by atoms with Crippen LogP contribution in [-0.2, 0) is 19.5 Å². The predicted molar refractivity (Wildman–Crippen MR) is 122 cm³/mol. The van der Waals surface area contributed by atoms with Crippen LogP contribution < -0.4 is 19.1 Å². The van der Waals surface area contributed by atoms with Gasteiger partial charge >= 0.3 is 0 Å². The average Bonchev–Trinajstić information content (AvgIpc) is 3.29. The zero-order chi connectivity index (χ0) is 22.3. The summed E-state index contributed by atoms with van der Waals surface area (Å²) in [5.74, 6) is 3.26. The summed E-state index contributed by atoms with van der Waals surface area (Å²) in [5, 5.41) is 12.4. The second-order valence-electron chi connectivity index (χ2n) is 7.69. The number of hydrogen-bond donors (Lipinski definition) is 0. The highest BCUT2D eigenvalue weighted by molar-refractivity contribution is 5.58. The van der Waals surface area contributed by atoms with Gasteiger partial charge in [0.15, 0.2) is 17.3 Å². The van der Waals surface area contributed by atoms with Gasteiger partial charge in [0.1, 0.15) is 5.75 Å². The highest BCUT2D eigenvalue weighted by atomic mass is 16.5. The lowest BCUT2D eigenvalue weighted by molar-refractivity contribution is 0.238. The normalized spacial score (nSPS) is 14.4. The van der Waals surface area contributed by atoms with Crippen molar-refractivity contribution in [2.45, 2.75) is 19.5 Å². The predicted octanol–water partition coefficient (Wildman–Crippen LogP) is 2.26. The van der Waals surface area contributed by atoms with E-state index in [1.54, 1.807) is 21.3 Å². The molecular formula is C23H30N6O3. The van der Waals surface area contributed by atoms with Crippen molar-refractivity contribution in [3.05, 3.63) is 53.9 Å². The van der Waals surface area contributed by atoms with Crippen molar-refractivity contribution >= 4 is 5.69 Å². The smallest absolute Gasteiger partial charge is 0.165 e. The minimum absolute atomic E-state index is 0.707. The second-order valence-corrected chi connectivity index (χ2v) is 7.69. The monoisotopic (exact) mass is 438 g/mol. The molecule has 0 radical (unpaired) electrons. The Morgan fingerprint density at radius 1 is 0.844 bits per heavy atom. The molecule has 1 aliphatic heterocycles. The first-order valence-electron chi connectivity index (χ1n) is 10.8. The molecule has 0 aliphatic carbocycles. The quantitative estimate of drug-likeness (QED) is 0.504. The number of anilines is 1. The van der Waals surface area contributed by atoms with Gasteiger partial charge in [-0.3, -0.25) is 4.90 Å². The van der Waals surface area contributed by atoms with E-state index in [0.29, 0.717) is 6.54 Å². The molecule has 0 spiro atoms. The first-order valence-corrected chi connectivity index (χ1v) is 10.8. The summed E-state index contributed by atoms with van der Waals surface area (Å²) in [5.41, 5.74) is 2.30. The van der Waals surface area contributed by atoms with Gasteiger partial charge in [-0.25, -0.2) is 4.68 Å². The van der Waals surface area contributed by atoms with E-state index in [1.807, 2.05) is 35.0 Å². The van der Waals surface area contributed by atoms with Crippen LogP contribution in [0.2, 0.25) is 0 Å². The lowest BCUT2D eigenvalue weighted by Gasteiger charge is -2.36. The minimum Gasteiger partial charge on any atom is -0.495 e. The van der Waals surface area contributed by atoms with Crippen molar-refractivity contribution in [3.8, 4) is 17.2 Å². The molecule has 3 aromatic rings. The van der Waals surface area contributed by atoms with E-state index < -0.39 is 0 Å². The van der Waals surface area contributed by atoms with Crippen LogP contribution in [0.15, 0.2) is 42.5 Å². The maximum atomic E-state index is 5.52. The summed E-state index contributed by atoms with van der Waals surface area (Å²) in [6.07, 6.45) is 0.806. The van der Waals surface area contributed by atoms with Crippen LogP contribution in [-0.4, -0.2) is 72.6 Å². The molecule has 2 aromatic carbocycles. The SMILES string of the molecule is COc1ccc(CCn2nnnc2CN2CCN(c3ccccc3OC)CC2)cc1OC. The van der Waals surface area contributed by atoms with Crippen LogP contribution in [0.1, 0.15) is 11.4 Å². The number of aryl methyl sites for hydroxylation is 2. The Morgan fingerprint density at radius 3 is 2.34 bits per heavy atom. The molecule has 1 fully saturated rings. The van der Waals surface area contributed by atoms with Gasteiger partial charge in [0.05, 0.1) is 33.6 Å². The van der Waals surface area contributed by atoms with Crippen LogP contribution in [0.3, 0.4) is 0 Å². The molecule has 9 heteroatoms. The van der Waals surface area contributed by atoms with Gasteiger partial charge in [-0.05, 0) is 46.7 Å². The number of methoxy groups -OCH3 is 3. The van der Waals surface area contributed by atoms with E-state index in [0.717, 1.165) is 73.5 Å². The zero-order valence-electron chi connectivity index (χ0n) is 18.9. The first-order chi connectivity index (χ1) is 15.7. The molecule has 0 unspecified atom stereocenters. The molecule has 0 N–H and O–H groups in total. The highest BCUT2D eigenvalue weighted by Gasteiger charge is 2.21. The molecule has 0 saturated carbocycles. The molecule has 1 aromatic heterocycles. The summed E-state index contributed by atoms with van der Waals surface area (Å²) < 4.78 is 18.1. The number of nitrogens with zero attached hydrogens (tertiary/aromatic N) is 6. The van der Waals surface area contributed by atoms with Crippen LogP contribution in [0, 0.1) is 0 Å². The van der Waals surface area contributed by atoms with Crippen molar-refractivity contribution in [3.63, 3.8) is 0 Å². The van der Waals surface area contributed by atoms with Crippen LogP contribution in [0.5, 0.6) is 17.2 Å². The number of benzene rings is 2. The number of hydrogen-bond acceptors (Lipinski definition) is 8. The van der Waals surface area contributed by atoms with Gasteiger partial charge in [0.25, 0.3) is 0 Å². The lowest BCUT2D eigenvalue weighted by Crippen LogP contribution is -2.46. The van der Waals surface area contributed by atoms with Crippen molar-refractivity contribution in [2.75, 3.05) is 52.4 Å². The summed E-state index contributed by atoms with van der Waals surface area (Å²) in [4.78, 5) is 4.76. The summed E-state index contributed by atoms with van der Waals surface area (Å²) in [6.45, 7) is 5.21. The first kappa shape index (κ1) is 21.9. The van der Waals surface area contributed by atoms with Gasteiger partial charge < -0.3 is 19.1 Å². The van der Waals surface area contributed by atoms with Crippen LogP contribution in [0.4, 0.5) is 5.69 Å². The highest BCUT2D eigenvalue weighted by Crippen LogP contribution is 2.29. The van der Waals surface area contributed by atoms with E-state index in [9.17, 15) is 0 Å². The average molecular weight is 439 g/mol. The molecule has 1 aliphatic rings. The Morgan fingerprint density at radius 2 is 1.59 bits per heavy atom. The lowest BCUT2D eigenvalue weighted by atomic mass is 10.1. The van der Waals surface area contributed by atoms with Crippen LogP contribution >= 0.6 is 0 Å². The van der Waals surface area contributed by atoms with Crippen LogP contribution in [0.25, 0.3) is 0 Å². The molecule has 0 atom stereocenters. The van der Waals surface area contributed by atoms with E-state index in [-0.39, 0.29) is 0 Å². The number of rotatable bonds is 9. The Balaban J connectivity index is 1.33. The molecule has 9 nitrogen and oxygen atoms in total. The van der Waals surface area contributed by atoms with E-state index >= 15 is 0 Å². The van der Waals surface area contributed by atoms with E-state index in [4.69, 9.17) is 14.2 Å². The summed E-state index contributed by atoms with van der Waals surface area (Å²) in [7, 11) is 5.01. The van der Waals surface area contributed by atoms with Crippen molar-refractivity contribution in [1.29, 1.82) is 0 Å². The minimum atomic E-state index is 0.707. The molecule has 1 saturated heterocycles. The third kappa shape index (κ3) is 4.94. The maximum absolute atomic E-state index is 5.52. The maximum Gasteiger partial charge on any atom is 0.165 e. The van der Waals surface area contributed by atoms with Gasteiger partial charge in [0.2, 0.25) is 0 Å². The van der Waals surface area contributed by atoms with Crippen molar-refractivity contribution < 1.29 is 14.2 Å². The molecule has 2 heterocycles. The van der Waals surface area contributed by atoms with Gasteiger partial charge in [-0.15, -0.1) is 5.10 Å². The number of piperazine rings is 1. The Hall–Kier alpha value is -3.33. The Labute approximate surface area is 188 Å². The standard InChI is InChI=1S/C23H30N6O3/c1-30-20-7-5-4-6-19(20)28-14-12-27(13-15-28)17-23-24-25-26-29(23)11-10-18-8-9-21(31-2)22(16-18)32-3/h4-9,16H,10-15,17H2,1-3H3. The number of aromatic nitrogens is 4. The fourth-order valence-electron chi connectivity index (χ4n) is 4.02. The molecule has 170 valence electrons. The topological polar surface area (TPSA) is 77.8 Å². The van der Waals surface area contributed by atoms with E-state index in [2.05, 4.69) is 37.5 Å². The molecular weight excluding hydrogens is 408 g/mol. The number of tetrazole rings is 1. The molecule has 4 rings (SSSR count). The van der Waals surface area contributed by atoms with Crippen molar-refractivity contribution in [2.24, 2.45) is 0 Å². The fourth-order valence-corrected chi connectivity index (χ4v) is 4.02. The fraction of sp³-hybridized carbons (Fsp3) is 0.435. The number of para-hydroxylation sites is 2.